The molecule has 0 radical (unpaired) electrons. The third kappa shape index (κ3) is 4.93. The number of aromatic nitrogens is 1. The number of nitrogens with zero attached hydrogens (tertiary/aromatic N) is 3. The summed E-state index contributed by atoms with van der Waals surface area (Å²) in [6.07, 6.45) is 1.54. The van der Waals surface area contributed by atoms with E-state index in [9.17, 15) is 4.79 Å². The zero-order chi connectivity index (χ0) is 23.4. The van der Waals surface area contributed by atoms with Gasteiger partial charge in [-0.05, 0) is 42.8 Å². The lowest BCUT2D eigenvalue weighted by molar-refractivity contribution is 0.0713. The van der Waals surface area contributed by atoms with Gasteiger partial charge in [-0.1, -0.05) is 24.6 Å². The molecule has 1 aromatic heterocycles. The number of benzene rings is 2. The maximum absolute atomic E-state index is 13.5. The minimum atomic E-state index is -0.152. The van der Waals surface area contributed by atoms with Crippen LogP contribution in [0.2, 0.25) is 5.02 Å². The molecule has 174 valence electrons. The summed E-state index contributed by atoms with van der Waals surface area (Å²) < 4.78 is 16.8. The van der Waals surface area contributed by atoms with E-state index < -0.39 is 0 Å². The number of rotatable bonds is 7. The van der Waals surface area contributed by atoms with Crippen LogP contribution in [0.5, 0.6) is 11.5 Å². The fraction of sp³-hybridized carbons (Fsp3) is 0.360. The second-order valence-electron chi connectivity index (χ2n) is 7.86. The summed E-state index contributed by atoms with van der Waals surface area (Å²) in [7, 11) is 3.17. The highest BCUT2D eigenvalue weighted by molar-refractivity contribution is 6.30. The zero-order valence-corrected chi connectivity index (χ0v) is 19.9. The minimum absolute atomic E-state index is 0.152. The monoisotopic (exact) mass is 469 g/mol. The highest BCUT2D eigenvalue weighted by Crippen LogP contribution is 2.34. The van der Waals surface area contributed by atoms with Gasteiger partial charge in [0.2, 0.25) is 5.76 Å². The first-order valence-corrected chi connectivity index (χ1v) is 11.4. The van der Waals surface area contributed by atoms with Crippen molar-refractivity contribution in [3.8, 4) is 22.8 Å². The van der Waals surface area contributed by atoms with Gasteiger partial charge in [-0.15, -0.1) is 0 Å². The van der Waals surface area contributed by atoms with E-state index >= 15 is 0 Å². The average Bonchev–Trinajstić information content (AvgIpc) is 3.27. The number of carbonyl (C=O) groups excluding carboxylic acids is 1. The Kier molecular flexibility index (Phi) is 7.08. The Morgan fingerprint density at radius 2 is 1.82 bits per heavy atom. The first-order valence-electron chi connectivity index (χ1n) is 11.1. The van der Waals surface area contributed by atoms with Crippen LogP contribution in [-0.2, 0) is 6.42 Å². The van der Waals surface area contributed by atoms with Gasteiger partial charge < -0.3 is 23.7 Å². The molecule has 4 rings (SSSR count). The third-order valence-electron chi connectivity index (χ3n) is 5.73. The van der Waals surface area contributed by atoms with Crippen molar-refractivity contribution in [1.29, 1.82) is 0 Å². The summed E-state index contributed by atoms with van der Waals surface area (Å²) in [6.45, 7) is 4.65. The van der Waals surface area contributed by atoms with Crippen molar-refractivity contribution < 1.29 is 18.7 Å². The molecule has 8 heteroatoms. The number of piperazine rings is 1. The van der Waals surface area contributed by atoms with E-state index in [1.807, 2.05) is 41.3 Å². The highest BCUT2D eigenvalue weighted by Gasteiger charge is 2.29. The Labute approximate surface area is 198 Å². The number of oxazole rings is 1. The van der Waals surface area contributed by atoms with Crippen molar-refractivity contribution in [2.24, 2.45) is 0 Å². The number of carbonyl (C=O) groups is 1. The van der Waals surface area contributed by atoms with Crippen molar-refractivity contribution in [2.75, 3.05) is 45.3 Å². The minimum Gasteiger partial charge on any atom is -0.493 e. The molecule has 2 heterocycles. The lowest BCUT2D eigenvalue weighted by Gasteiger charge is -2.35. The molecule has 1 aliphatic heterocycles. The molecule has 0 bridgehead atoms. The quantitative estimate of drug-likeness (QED) is 0.489. The van der Waals surface area contributed by atoms with Gasteiger partial charge >= 0.3 is 0 Å². The van der Waals surface area contributed by atoms with Crippen molar-refractivity contribution in [3.63, 3.8) is 0 Å². The summed E-state index contributed by atoms with van der Waals surface area (Å²) in [5.41, 5.74) is 2.34. The fourth-order valence-electron chi connectivity index (χ4n) is 3.99. The lowest BCUT2D eigenvalue weighted by atomic mass is 10.1. The predicted octanol–water partition coefficient (Wildman–Crippen LogP) is 4.93. The molecule has 0 N–H and O–H groups in total. The van der Waals surface area contributed by atoms with E-state index in [4.69, 9.17) is 25.5 Å². The molecule has 0 saturated carbocycles. The van der Waals surface area contributed by atoms with Crippen LogP contribution in [0.1, 0.15) is 29.8 Å². The number of halogens is 1. The molecule has 1 saturated heterocycles. The molecule has 33 heavy (non-hydrogen) atoms. The van der Waals surface area contributed by atoms with Gasteiger partial charge in [0.1, 0.15) is 5.69 Å². The largest absolute Gasteiger partial charge is 0.493 e. The summed E-state index contributed by atoms with van der Waals surface area (Å²) >= 11 is 6.14. The maximum atomic E-state index is 13.5. The van der Waals surface area contributed by atoms with E-state index in [0.717, 1.165) is 17.7 Å². The fourth-order valence-corrected chi connectivity index (χ4v) is 4.18. The van der Waals surface area contributed by atoms with Crippen LogP contribution in [0.4, 0.5) is 5.69 Å². The van der Waals surface area contributed by atoms with Crippen LogP contribution in [0.3, 0.4) is 0 Å². The van der Waals surface area contributed by atoms with Gasteiger partial charge in [0.05, 0.1) is 14.2 Å². The number of amides is 1. The van der Waals surface area contributed by atoms with Gasteiger partial charge in [0, 0.05) is 48.9 Å². The molecule has 0 atom stereocenters. The van der Waals surface area contributed by atoms with Crippen LogP contribution in [0.15, 0.2) is 46.9 Å². The van der Waals surface area contributed by atoms with E-state index in [-0.39, 0.29) is 11.7 Å². The molecule has 1 aliphatic rings. The van der Waals surface area contributed by atoms with Crippen LogP contribution >= 0.6 is 11.6 Å². The van der Waals surface area contributed by atoms with Crippen LogP contribution in [-0.4, -0.2) is 56.2 Å². The van der Waals surface area contributed by atoms with Crippen molar-refractivity contribution in [1.82, 2.24) is 9.88 Å². The van der Waals surface area contributed by atoms with Crippen LogP contribution < -0.4 is 14.4 Å². The van der Waals surface area contributed by atoms with Gasteiger partial charge in [-0.2, -0.15) is 0 Å². The number of methoxy groups -OCH3 is 2. The SMILES string of the molecule is CCCc1nc(-c2ccc(OC)c(OC)c2)c(C(=O)N2CCN(c3cccc(Cl)c3)CC2)o1. The lowest BCUT2D eigenvalue weighted by Crippen LogP contribution is -2.48. The summed E-state index contributed by atoms with van der Waals surface area (Å²) in [4.78, 5) is 22.2. The van der Waals surface area contributed by atoms with Crippen molar-refractivity contribution in [3.05, 3.63) is 59.1 Å². The number of hydrogen-bond donors (Lipinski definition) is 0. The molecule has 7 nitrogen and oxygen atoms in total. The highest BCUT2D eigenvalue weighted by atomic mass is 35.5. The van der Waals surface area contributed by atoms with Gasteiger partial charge in [-0.25, -0.2) is 4.98 Å². The average molecular weight is 470 g/mol. The first kappa shape index (κ1) is 23.0. The molecular weight excluding hydrogens is 442 g/mol. The number of hydrogen-bond acceptors (Lipinski definition) is 6. The van der Waals surface area contributed by atoms with E-state index in [1.54, 1.807) is 20.3 Å². The van der Waals surface area contributed by atoms with Gasteiger partial charge in [0.15, 0.2) is 17.4 Å². The standard InChI is InChI=1S/C25H28ClN3O4/c1-4-6-22-27-23(17-9-10-20(31-2)21(15-17)32-3)24(33-22)25(30)29-13-11-28(12-14-29)19-8-5-7-18(26)16-19/h5,7-10,15-16H,4,6,11-14H2,1-3H3. The molecule has 3 aromatic rings. The normalized spacial score (nSPS) is 13.8. The summed E-state index contributed by atoms with van der Waals surface area (Å²) in [5, 5.41) is 0.704. The molecule has 1 fully saturated rings. The summed E-state index contributed by atoms with van der Waals surface area (Å²) in [5.74, 6) is 1.86. The molecule has 1 amide bonds. The molecule has 2 aromatic carbocycles. The smallest absolute Gasteiger partial charge is 0.292 e. The van der Waals surface area contributed by atoms with E-state index in [2.05, 4.69) is 16.8 Å². The second kappa shape index (κ2) is 10.2. The Hall–Kier alpha value is -3.19. The first-order chi connectivity index (χ1) is 16.0. The molecule has 0 unspecified atom stereocenters. The topological polar surface area (TPSA) is 68.0 Å². The number of ether oxygens (including phenoxy) is 2. The molecule has 0 aliphatic carbocycles. The van der Waals surface area contributed by atoms with Gasteiger partial charge in [-0.3, -0.25) is 4.79 Å². The van der Waals surface area contributed by atoms with E-state index in [1.165, 1.54) is 0 Å². The van der Waals surface area contributed by atoms with Gasteiger partial charge in [0.25, 0.3) is 5.91 Å². The van der Waals surface area contributed by atoms with E-state index in [0.29, 0.717) is 60.7 Å². The Morgan fingerprint density at radius 3 is 2.48 bits per heavy atom. The summed E-state index contributed by atoms with van der Waals surface area (Å²) in [6, 6.07) is 13.3. The van der Waals surface area contributed by atoms with Crippen molar-refractivity contribution >= 4 is 23.2 Å². The maximum Gasteiger partial charge on any atom is 0.292 e. The number of aryl methyl sites for hydroxylation is 1. The Balaban J connectivity index is 1.58. The van der Waals surface area contributed by atoms with Crippen molar-refractivity contribution in [2.45, 2.75) is 19.8 Å². The number of anilines is 1. The third-order valence-corrected chi connectivity index (χ3v) is 5.96. The second-order valence-corrected chi connectivity index (χ2v) is 8.30. The van der Waals surface area contributed by atoms with Crippen LogP contribution in [0, 0.1) is 0 Å². The zero-order valence-electron chi connectivity index (χ0n) is 19.1. The Morgan fingerprint density at radius 1 is 1.06 bits per heavy atom. The molecular formula is C25H28ClN3O4. The Bertz CT molecular complexity index is 1120. The van der Waals surface area contributed by atoms with Crippen LogP contribution in [0.25, 0.3) is 11.3 Å². The predicted molar refractivity (Wildman–Crippen MR) is 129 cm³/mol. The molecule has 0 spiro atoms.